The fourth-order valence-electron chi connectivity index (χ4n) is 7.61. The van der Waals surface area contributed by atoms with Gasteiger partial charge in [-0.25, -0.2) is 14.8 Å². The number of nitrogens with zero attached hydrogens (tertiary/aromatic N) is 8. The Kier molecular flexibility index (Phi) is 20.3. The van der Waals surface area contributed by atoms with Crippen molar-refractivity contribution < 1.29 is 47.7 Å². The highest BCUT2D eigenvalue weighted by Gasteiger charge is 2.24. The van der Waals surface area contributed by atoms with E-state index in [0.29, 0.717) is 77.8 Å². The van der Waals surface area contributed by atoms with Crippen LogP contribution in [0, 0.1) is 13.8 Å². The van der Waals surface area contributed by atoms with Gasteiger partial charge < -0.3 is 50.2 Å². The second-order valence-electron chi connectivity index (χ2n) is 16.3. The molecule has 0 unspecified atom stereocenters. The molecule has 6 rings (SSSR count). The quantitative estimate of drug-likeness (QED) is 0.0208. The van der Waals surface area contributed by atoms with Gasteiger partial charge in [0.1, 0.15) is 40.5 Å². The van der Waals surface area contributed by atoms with E-state index in [-0.39, 0.29) is 91.8 Å². The zero-order valence-electron chi connectivity index (χ0n) is 42.1. The molecule has 0 saturated carbocycles. The van der Waals surface area contributed by atoms with Crippen LogP contribution in [0.3, 0.4) is 0 Å². The van der Waals surface area contributed by atoms with Crippen molar-refractivity contribution in [2.75, 3.05) is 68.8 Å². The molecule has 74 heavy (non-hydrogen) atoms. The van der Waals surface area contributed by atoms with Crippen molar-refractivity contribution in [3.8, 4) is 11.5 Å². The molecule has 6 aromatic rings. The average molecular weight is 1060 g/mol. The zero-order chi connectivity index (χ0) is 53.3. The number of hydrogen-bond donors (Lipinski definition) is 6. The highest BCUT2D eigenvalue weighted by Crippen LogP contribution is 2.33. The van der Waals surface area contributed by atoms with Gasteiger partial charge in [0.05, 0.1) is 42.7 Å². The summed E-state index contributed by atoms with van der Waals surface area (Å²) >= 11 is 0. The van der Waals surface area contributed by atoms with E-state index < -0.39 is 29.7 Å². The number of aryl methyl sites for hydroxylation is 4. The number of alkyl carbamates (subject to hydrolysis) is 1. The van der Waals surface area contributed by atoms with Crippen LogP contribution in [0.1, 0.15) is 86.7 Å². The van der Waals surface area contributed by atoms with E-state index in [9.17, 15) is 28.8 Å². The summed E-state index contributed by atoms with van der Waals surface area (Å²) in [5.41, 5.74) is 15.1. The Balaban J connectivity index is 1.21. The molecule has 24 nitrogen and oxygen atoms in total. The molecule has 0 aliphatic heterocycles. The summed E-state index contributed by atoms with van der Waals surface area (Å²) < 4.78 is 29.0. The smallest absolute Gasteiger partial charge is 0.407 e. The molecule has 4 heterocycles. The first-order chi connectivity index (χ1) is 35.6. The molecule has 0 radical (unpaired) electrons. The minimum atomic E-state index is -0.738. The third-order valence-corrected chi connectivity index (χ3v) is 13.3. The van der Waals surface area contributed by atoms with E-state index in [1.807, 2.05) is 20.8 Å². The van der Waals surface area contributed by atoms with Crippen molar-refractivity contribution in [3.63, 3.8) is 0 Å². The van der Waals surface area contributed by atoms with Crippen molar-refractivity contribution in [3.05, 3.63) is 82.5 Å². The standard InChI is InChI=1S/C48H62N14O10S2/c1-7-61-35(23-29(4)57-61)44(66)55-46-53-33-25-31(42(49)64)27-37(69-6)40(33)59(46)16-10-11-17-60-41-34(54-47(60)56-45(67)36-24-30(5)58-62(36)8-2)26-32(43(50)65)28-38(41)71-18-12-14-51-39(63)13-15-52-48(68)72-20-22-74-73-21-19-70-9-3/h10-11,23-28H,7-9,12-22H2,1-6H3,(H2,49,64)(H2,50,65)(H,51,63)(H,52,68)(H,53,55,66)(H,54,56,67)/b11-10+. The van der Waals surface area contributed by atoms with Crippen LogP contribution in [0.25, 0.3) is 22.1 Å². The van der Waals surface area contributed by atoms with Gasteiger partial charge in [-0.05, 0) is 77.4 Å². The third kappa shape index (κ3) is 14.6. The highest BCUT2D eigenvalue weighted by atomic mass is 33.1. The number of methoxy groups -OCH3 is 1. The first-order valence-corrected chi connectivity index (χ1v) is 26.4. The van der Waals surface area contributed by atoms with Crippen LogP contribution in [-0.4, -0.2) is 132 Å². The van der Waals surface area contributed by atoms with Gasteiger partial charge in [0.25, 0.3) is 11.8 Å². The van der Waals surface area contributed by atoms with Gasteiger partial charge in [-0.1, -0.05) is 33.7 Å². The number of fused-ring (bicyclic) bond motifs is 2. The van der Waals surface area contributed by atoms with Gasteiger partial charge in [-0.2, -0.15) is 10.2 Å². The van der Waals surface area contributed by atoms with Crippen LogP contribution in [0.5, 0.6) is 11.5 Å². The Labute approximate surface area is 434 Å². The maximum atomic E-state index is 13.9. The van der Waals surface area contributed by atoms with Crippen molar-refractivity contribution in [2.24, 2.45) is 11.5 Å². The zero-order valence-corrected chi connectivity index (χ0v) is 43.8. The summed E-state index contributed by atoms with van der Waals surface area (Å²) in [6.07, 6.45) is 3.38. The minimum absolute atomic E-state index is 0.0288. The van der Waals surface area contributed by atoms with Gasteiger partial charge >= 0.3 is 6.09 Å². The van der Waals surface area contributed by atoms with E-state index in [4.69, 9.17) is 35.4 Å². The fraction of sp³-hybridized carbons (Fsp3) is 0.417. The summed E-state index contributed by atoms with van der Waals surface area (Å²) in [6, 6.07) is 9.32. The number of rotatable bonds is 29. The molecule has 0 aliphatic carbocycles. The van der Waals surface area contributed by atoms with Crippen LogP contribution in [0.4, 0.5) is 16.7 Å². The molecular weight excluding hydrogens is 997 g/mol. The number of nitrogens with two attached hydrogens (primary N) is 2. The Hall–Kier alpha value is -7.58. The van der Waals surface area contributed by atoms with Gasteiger partial charge in [-0.3, -0.25) is 44.0 Å². The Morgan fingerprint density at radius 2 is 1.20 bits per heavy atom. The molecule has 0 bridgehead atoms. The Morgan fingerprint density at radius 1 is 0.676 bits per heavy atom. The molecule has 0 aliphatic rings. The number of amides is 6. The number of primary amides is 2. The van der Waals surface area contributed by atoms with E-state index in [1.54, 1.807) is 78.2 Å². The molecule has 2 aromatic carbocycles. The van der Waals surface area contributed by atoms with Crippen LogP contribution in [0.2, 0.25) is 0 Å². The normalized spacial score (nSPS) is 11.3. The number of carbonyl (C=O) groups excluding carboxylic acids is 6. The molecule has 0 atom stereocenters. The minimum Gasteiger partial charge on any atom is -0.494 e. The molecule has 0 saturated heterocycles. The monoisotopic (exact) mass is 1060 g/mol. The number of benzene rings is 2. The number of nitrogens with one attached hydrogen (secondary N) is 4. The van der Waals surface area contributed by atoms with Crippen LogP contribution in [-0.2, 0) is 40.4 Å². The van der Waals surface area contributed by atoms with Crippen LogP contribution in [0.15, 0.2) is 48.6 Å². The van der Waals surface area contributed by atoms with E-state index in [1.165, 1.54) is 31.4 Å². The predicted molar refractivity (Wildman–Crippen MR) is 282 cm³/mol. The number of hydrogen-bond acceptors (Lipinski definition) is 16. The number of allylic oxidation sites excluding steroid dienone is 2. The molecule has 6 amide bonds. The van der Waals surface area contributed by atoms with Gasteiger partial charge in [-0.15, -0.1) is 0 Å². The summed E-state index contributed by atoms with van der Waals surface area (Å²) in [5, 5.41) is 20.0. The van der Waals surface area contributed by atoms with Crippen molar-refractivity contribution >= 4 is 91.2 Å². The molecule has 4 aromatic heterocycles. The summed E-state index contributed by atoms with van der Waals surface area (Å²) in [6.45, 7) is 12.3. The van der Waals surface area contributed by atoms with E-state index in [0.717, 1.165) is 5.75 Å². The molecule has 396 valence electrons. The van der Waals surface area contributed by atoms with Crippen molar-refractivity contribution in [1.29, 1.82) is 0 Å². The first kappa shape index (κ1) is 55.7. The predicted octanol–water partition coefficient (Wildman–Crippen LogP) is 4.82. The van der Waals surface area contributed by atoms with Gasteiger partial charge in [0.15, 0.2) is 0 Å². The number of imidazole rings is 2. The molecular formula is C48H62N14O10S2. The van der Waals surface area contributed by atoms with Crippen molar-refractivity contribution in [2.45, 2.75) is 73.6 Å². The molecule has 0 fully saturated rings. The summed E-state index contributed by atoms with van der Waals surface area (Å²) in [5.74, 6) is -0.441. The second kappa shape index (κ2) is 26.9. The maximum absolute atomic E-state index is 13.9. The summed E-state index contributed by atoms with van der Waals surface area (Å²) in [7, 11) is 4.67. The number of aromatic nitrogens is 8. The lowest BCUT2D eigenvalue weighted by molar-refractivity contribution is -0.121. The highest BCUT2D eigenvalue weighted by molar-refractivity contribution is 8.76. The first-order valence-electron chi connectivity index (χ1n) is 23.9. The SMILES string of the molecule is CCOCCSSCCOC(=O)NCCC(=O)NCCCOc1cc(C(N)=O)cc2nc(NC(=O)c3cc(C)nn3CC)n(C/C=C/Cn3c(NC(=O)c4cc(C)nn4CC)nc4cc(C(N)=O)cc(OC)c43)c12. The lowest BCUT2D eigenvalue weighted by Gasteiger charge is -2.13. The molecule has 8 N–H and O–H groups in total. The summed E-state index contributed by atoms with van der Waals surface area (Å²) in [4.78, 5) is 86.7. The number of ether oxygens (including phenoxy) is 4. The largest absolute Gasteiger partial charge is 0.494 e. The second-order valence-corrected chi connectivity index (χ2v) is 19.0. The van der Waals surface area contributed by atoms with Crippen LogP contribution < -0.4 is 42.2 Å². The Bertz CT molecular complexity index is 3020. The molecule has 26 heteroatoms. The van der Waals surface area contributed by atoms with Crippen LogP contribution >= 0.6 is 21.6 Å². The van der Waals surface area contributed by atoms with Gasteiger partial charge in [0.2, 0.25) is 29.6 Å². The number of anilines is 2. The number of carbonyl (C=O) groups is 6. The lowest BCUT2D eigenvalue weighted by Crippen LogP contribution is -2.32. The molecule has 0 spiro atoms. The fourth-order valence-corrected chi connectivity index (χ4v) is 9.30. The Morgan fingerprint density at radius 3 is 1.72 bits per heavy atom. The lowest BCUT2D eigenvalue weighted by atomic mass is 10.1. The van der Waals surface area contributed by atoms with E-state index in [2.05, 4.69) is 36.4 Å². The maximum Gasteiger partial charge on any atom is 0.407 e. The van der Waals surface area contributed by atoms with Crippen molar-refractivity contribution in [1.82, 2.24) is 49.3 Å². The third-order valence-electron chi connectivity index (χ3n) is 11.0. The van der Waals surface area contributed by atoms with E-state index >= 15 is 0 Å². The van der Waals surface area contributed by atoms with Gasteiger partial charge in [0, 0.05) is 74.9 Å². The average Bonchev–Trinajstić information content (AvgIpc) is 4.15. The topological polar surface area (TPSA) is 311 Å².